The Labute approximate surface area is 171 Å². The zero-order valence-corrected chi connectivity index (χ0v) is 16.8. The van der Waals surface area contributed by atoms with Crippen LogP contribution in [-0.2, 0) is 0 Å². The van der Waals surface area contributed by atoms with Crippen LogP contribution in [0.2, 0.25) is 5.02 Å². The van der Waals surface area contributed by atoms with Gasteiger partial charge in [0.05, 0.1) is 23.1 Å². The molecule has 1 aliphatic rings. The van der Waals surface area contributed by atoms with Crippen LogP contribution in [-0.4, -0.2) is 9.55 Å². The number of benzene rings is 3. The minimum absolute atomic E-state index is 0.181. The van der Waals surface area contributed by atoms with Gasteiger partial charge in [0.15, 0.2) is 0 Å². The van der Waals surface area contributed by atoms with Crippen LogP contribution in [0.15, 0.2) is 77.3 Å². The minimum atomic E-state index is 0.181. The highest BCUT2D eigenvalue weighted by Gasteiger charge is 2.30. The van der Waals surface area contributed by atoms with E-state index in [4.69, 9.17) is 16.6 Å². The molecular formula is C22H17BrClN3. The topological polar surface area (TPSA) is 29.9 Å². The van der Waals surface area contributed by atoms with Gasteiger partial charge in [0.2, 0.25) is 5.95 Å². The standard InChI is InChI=1S/C22H17BrClN3/c23-16-9-5-15(6-10-16)21-13-19(14-7-11-17(24)12-8-14)26-22-25-18-3-1-2-4-20(18)27(21)22/h1-12,19,21H,13H2,(H,25,26)/t19-,21+/m0/s1. The Kier molecular flexibility index (Phi) is 4.18. The molecule has 0 unspecified atom stereocenters. The molecule has 0 saturated carbocycles. The van der Waals surface area contributed by atoms with E-state index in [1.165, 1.54) is 11.1 Å². The fourth-order valence-electron chi connectivity index (χ4n) is 3.89. The molecule has 0 radical (unpaired) electrons. The molecule has 4 aromatic rings. The van der Waals surface area contributed by atoms with Gasteiger partial charge in [-0.15, -0.1) is 0 Å². The molecule has 0 bridgehead atoms. The van der Waals surface area contributed by atoms with Gasteiger partial charge in [-0.3, -0.25) is 0 Å². The number of nitrogens with one attached hydrogen (secondary N) is 1. The molecule has 2 atom stereocenters. The number of para-hydroxylation sites is 2. The second kappa shape index (κ2) is 6.70. The maximum absolute atomic E-state index is 6.08. The van der Waals surface area contributed by atoms with Crippen LogP contribution in [0.3, 0.4) is 0 Å². The SMILES string of the molecule is Clc1ccc([C@@H]2C[C@H](c3ccc(Br)cc3)n3c(nc4ccccc43)N2)cc1. The monoisotopic (exact) mass is 437 g/mol. The quantitative estimate of drug-likeness (QED) is 0.382. The molecule has 0 saturated heterocycles. The summed E-state index contributed by atoms with van der Waals surface area (Å²) >= 11 is 9.63. The van der Waals surface area contributed by atoms with E-state index in [-0.39, 0.29) is 12.1 Å². The van der Waals surface area contributed by atoms with Crippen LogP contribution >= 0.6 is 27.5 Å². The lowest BCUT2D eigenvalue weighted by Crippen LogP contribution is -2.27. The molecule has 0 aliphatic carbocycles. The van der Waals surface area contributed by atoms with E-state index in [0.717, 1.165) is 32.9 Å². The van der Waals surface area contributed by atoms with Crippen molar-refractivity contribution in [2.24, 2.45) is 0 Å². The molecule has 5 heteroatoms. The number of hydrogen-bond acceptors (Lipinski definition) is 2. The van der Waals surface area contributed by atoms with Gasteiger partial charge in [0.1, 0.15) is 0 Å². The Balaban J connectivity index is 1.65. The predicted octanol–water partition coefficient (Wildman–Crippen LogP) is 6.60. The molecule has 134 valence electrons. The summed E-state index contributed by atoms with van der Waals surface area (Å²) in [6, 6.07) is 25.4. The molecular weight excluding hydrogens is 422 g/mol. The molecule has 2 heterocycles. The minimum Gasteiger partial charge on any atom is -0.349 e. The molecule has 5 rings (SSSR count). The van der Waals surface area contributed by atoms with Crippen molar-refractivity contribution in [3.63, 3.8) is 0 Å². The van der Waals surface area contributed by atoms with Crippen LogP contribution in [0.25, 0.3) is 11.0 Å². The smallest absolute Gasteiger partial charge is 0.204 e. The first-order valence-electron chi connectivity index (χ1n) is 8.93. The second-order valence-electron chi connectivity index (χ2n) is 6.85. The van der Waals surface area contributed by atoms with Crippen LogP contribution in [0.1, 0.15) is 29.6 Å². The number of nitrogens with zero attached hydrogens (tertiary/aromatic N) is 2. The first kappa shape index (κ1) is 16.8. The number of anilines is 1. The maximum Gasteiger partial charge on any atom is 0.204 e. The van der Waals surface area contributed by atoms with Crippen molar-refractivity contribution < 1.29 is 0 Å². The van der Waals surface area contributed by atoms with E-state index < -0.39 is 0 Å². The second-order valence-corrected chi connectivity index (χ2v) is 8.20. The Morgan fingerprint density at radius 2 is 1.63 bits per heavy atom. The number of rotatable bonds is 2. The van der Waals surface area contributed by atoms with Gasteiger partial charge in [-0.2, -0.15) is 0 Å². The first-order chi connectivity index (χ1) is 13.2. The fourth-order valence-corrected chi connectivity index (χ4v) is 4.28. The van der Waals surface area contributed by atoms with Gasteiger partial charge in [-0.25, -0.2) is 4.98 Å². The third-order valence-corrected chi connectivity index (χ3v) is 5.98. The summed E-state index contributed by atoms with van der Waals surface area (Å²) in [5, 5.41) is 4.39. The first-order valence-corrected chi connectivity index (χ1v) is 10.1. The molecule has 1 aromatic heterocycles. The van der Waals surface area contributed by atoms with E-state index in [1.54, 1.807) is 0 Å². The maximum atomic E-state index is 6.08. The van der Waals surface area contributed by atoms with Crippen molar-refractivity contribution in [2.45, 2.75) is 18.5 Å². The Morgan fingerprint density at radius 1 is 0.926 bits per heavy atom. The zero-order valence-electron chi connectivity index (χ0n) is 14.4. The van der Waals surface area contributed by atoms with Crippen LogP contribution in [0.5, 0.6) is 0 Å². The van der Waals surface area contributed by atoms with E-state index in [1.807, 2.05) is 18.2 Å². The van der Waals surface area contributed by atoms with Crippen molar-refractivity contribution in [3.05, 3.63) is 93.4 Å². The van der Waals surface area contributed by atoms with E-state index in [2.05, 4.69) is 80.4 Å². The predicted molar refractivity (Wildman–Crippen MR) is 114 cm³/mol. The van der Waals surface area contributed by atoms with Crippen LogP contribution in [0, 0.1) is 0 Å². The summed E-state index contributed by atoms with van der Waals surface area (Å²) in [6.45, 7) is 0. The van der Waals surface area contributed by atoms with Crippen molar-refractivity contribution in [3.8, 4) is 0 Å². The normalized spacial score (nSPS) is 18.9. The summed E-state index contributed by atoms with van der Waals surface area (Å²) in [4.78, 5) is 4.86. The lowest BCUT2D eigenvalue weighted by atomic mass is 9.93. The Morgan fingerprint density at radius 3 is 2.41 bits per heavy atom. The highest BCUT2D eigenvalue weighted by atomic mass is 79.9. The molecule has 1 N–H and O–H groups in total. The Hall–Kier alpha value is -2.30. The van der Waals surface area contributed by atoms with Crippen molar-refractivity contribution >= 4 is 44.5 Å². The molecule has 3 nitrogen and oxygen atoms in total. The largest absolute Gasteiger partial charge is 0.349 e. The molecule has 1 aliphatic heterocycles. The summed E-state index contributed by atoms with van der Waals surface area (Å²) in [7, 11) is 0. The number of aromatic nitrogens is 2. The highest BCUT2D eigenvalue weighted by Crippen LogP contribution is 2.41. The summed E-state index contributed by atoms with van der Waals surface area (Å²) in [5.74, 6) is 0.912. The van der Waals surface area contributed by atoms with Gasteiger partial charge >= 0.3 is 0 Å². The van der Waals surface area contributed by atoms with E-state index in [0.29, 0.717) is 0 Å². The van der Waals surface area contributed by atoms with E-state index >= 15 is 0 Å². The van der Waals surface area contributed by atoms with Gasteiger partial charge in [0.25, 0.3) is 0 Å². The summed E-state index contributed by atoms with van der Waals surface area (Å²) in [5.41, 5.74) is 4.67. The molecule has 0 spiro atoms. The van der Waals surface area contributed by atoms with Crippen molar-refractivity contribution in [2.75, 3.05) is 5.32 Å². The number of halogens is 2. The van der Waals surface area contributed by atoms with Crippen LogP contribution in [0.4, 0.5) is 5.95 Å². The van der Waals surface area contributed by atoms with Gasteiger partial charge < -0.3 is 9.88 Å². The summed E-state index contributed by atoms with van der Waals surface area (Å²) in [6.07, 6.45) is 0.941. The van der Waals surface area contributed by atoms with Gasteiger partial charge in [-0.1, -0.05) is 63.9 Å². The molecule has 0 amide bonds. The molecule has 0 fully saturated rings. The highest BCUT2D eigenvalue weighted by molar-refractivity contribution is 9.10. The Bertz CT molecular complexity index is 1100. The fraction of sp³-hybridized carbons (Fsp3) is 0.136. The number of fused-ring (bicyclic) bond motifs is 3. The lowest BCUT2D eigenvalue weighted by molar-refractivity contribution is 0.477. The third kappa shape index (κ3) is 3.03. The van der Waals surface area contributed by atoms with Gasteiger partial charge in [0, 0.05) is 9.50 Å². The number of imidazole rings is 1. The van der Waals surface area contributed by atoms with Crippen molar-refractivity contribution in [1.82, 2.24) is 9.55 Å². The summed E-state index contributed by atoms with van der Waals surface area (Å²) < 4.78 is 3.41. The average Bonchev–Trinajstić information content (AvgIpc) is 3.07. The van der Waals surface area contributed by atoms with Crippen molar-refractivity contribution in [1.29, 1.82) is 0 Å². The zero-order chi connectivity index (χ0) is 18.4. The average molecular weight is 439 g/mol. The molecule has 27 heavy (non-hydrogen) atoms. The van der Waals surface area contributed by atoms with Crippen LogP contribution < -0.4 is 5.32 Å². The number of hydrogen-bond donors (Lipinski definition) is 1. The van der Waals surface area contributed by atoms with Gasteiger partial charge in [-0.05, 0) is 53.9 Å². The molecule has 3 aromatic carbocycles. The third-order valence-electron chi connectivity index (χ3n) is 5.20. The van der Waals surface area contributed by atoms with E-state index in [9.17, 15) is 0 Å². The lowest BCUT2D eigenvalue weighted by Gasteiger charge is -2.33.